The topological polar surface area (TPSA) is 30.7 Å². The lowest BCUT2D eigenvalue weighted by atomic mass is 10.6. The van der Waals surface area contributed by atoms with E-state index in [9.17, 15) is 13.2 Å². The molecule has 62 valence electrons. The average Bonchev–Trinajstić information content (AvgIpc) is 2.12. The van der Waals surface area contributed by atoms with E-state index in [0.717, 1.165) is 6.33 Å². The molecule has 1 rings (SSSR count). The monoisotopic (exact) mass is 185 g/mol. The van der Waals surface area contributed by atoms with Crippen LogP contribution in [-0.2, 0) is 6.54 Å². The summed E-state index contributed by atoms with van der Waals surface area (Å²) < 4.78 is 35.7. The van der Waals surface area contributed by atoms with Crippen LogP contribution < -0.4 is 0 Å². The highest BCUT2D eigenvalue weighted by molar-refractivity contribution is 6.28. The summed E-state index contributed by atoms with van der Waals surface area (Å²) in [7, 11) is 0. The molecule has 0 fully saturated rings. The quantitative estimate of drug-likeness (QED) is 0.664. The smallest absolute Gasteiger partial charge is 0.295 e. The van der Waals surface area contributed by atoms with Gasteiger partial charge in [0.1, 0.15) is 12.9 Å². The third-order valence-electron chi connectivity index (χ3n) is 0.918. The lowest BCUT2D eigenvalue weighted by molar-refractivity contribution is -0.140. The number of aromatic nitrogens is 3. The van der Waals surface area contributed by atoms with Gasteiger partial charge in [-0.1, -0.05) is 0 Å². The van der Waals surface area contributed by atoms with Crippen molar-refractivity contribution in [3.63, 3.8) is 0 Å². The first kappa shape index (κ1) is 8.32. The third-order valence-corrected chi connectivity index (χ3v) is 1.21. The fourth-order valence-electron chi connectivity index (χ4n) is 0.540. The molecule has 3 nitrogen and oxygen atoms in total. The van der Waals surface area contributed by atoms with Crippen LogP contribution in [0.2, 0.25) is 5.28 Å². The second kappa shape index (κ2) is 2.69. The molecule has 7 heteroatoms. The van der Waals surface area contributed by atoms with E-state index in [1.807, 2.05) is 0 Å². The number of nitrogens with zero attached hydrogens (tertiary/aromatic N) is 3. The van der Waals surface area contributed by atoms with Crippen molar-refractivity contribution in [1.29, 1.82) is 0 Å². The summed E-state index contributed by atoms with van der Waals surface area (Å²) in [4.78, 5) is 0. The van der Waals surface area contributed by atoms with Crippen LogP contribution in [0.3, 0.4) is 0 Å². The van der Waals surface area contributed by atoms with Crippen molar-refractivity contribution in [2.75, 3.05) is 0 Å². The van der Waals surface area contributed by atoms with Crippen LogP contribution in [0.4, 0.5) is 13.2 Å². The molecule has 0 radical (unpaired) electrons. The summed E-state index contributed by atoms with van der Waals surface area (Å²) in [6, 6.07) is 0. The van der Waals surface area contributed by atoms with E-state index in [-0.39, 0.29) is 5.28 Å². The molecule has 0 aliphatic heterocycles. The SMILES string of the molecule is FC(F)(F)Cn1cnnc1Cl. The Bertz CT molecular complexity index is 243. The van der Waals surface area contributed by atoms with Gasteiger partial charge < -0.3 is 0 Å². The summed E-state index contributed by atoms with van der Waals surface area (Å²) in [6.07, 6.45) is -3.36. The highest BCUT2D eigenvalue weighted by Gasteiger charge is 2.28. The Hall–Kier alpha value is -0.780. The van der Waals surface area contributed by atoms with Gasteiger partial charge in [0.25, 0.3) is 0 Å². The zero-order valence-corrected chi connectivity index (χ0v) is 5.89. The molecular weight excluding hydrogens is 183 g/mol. The van der Waals surface area contributed by atoms with Gasteiger partial charge in [-0.15, -0.1) is 10.2 Å². The van der Waals surface area contributed by atoms with Gasteiger partial charge in [-0.25, -0.2) is 0 Å². The summed E-state index contributed by atoms with van der Waals surface area (Å²) in [5.41, 5.74) is 0. The second-order valence-corrected chi connectivity index (χ2v) is 2.18. The van der Waals surface area contributed by atoms with Gasteiger partial charge in [-0.05, 0) is 11.6 Å². The number of hydrogen-bond donors (Lipinski definition) is 0. The van der Waals surface area contributed by atoms with Crippen LogP contribution in [0, 0.1) is 0 Å². The summed E-state index contributed by atoms with van der Waals surface area (Å²) in [6.45, 7) is -1.15. The van der Waals surface area contributed by atoms with Crippen molar-refractivity contribution in [3.8, 4) is 0 Å². The zero-order valence-electron chi connectivity index (χ0n) is 5.14. The summed E-state index contributed by atoms with van der Waals surface area (Å²) in [5.74, 6) is 0. The minimum atomic E-state index is -4.29. The van der Waals surface area contributed by atoms with Crippen molar-refractivity contribution in [2.45, 2.75) is 12.7 Å². The van der Waals surface area contributed by atoms with E-state index in [2.05, 4.69) is 10.2 Å². The molecule has 1 heterocycles. The Morgan fingerprint density at radius 1 is 1.55 bits per heavy atom. The van der Waals surface area contributed by atoms with Crippen LogP contribution in [0.15, 0.2) is 6.33 Å². The van der Waals surface area contributed by atoms with Gasteiger partial charge >= 0.3 is 6.18 Å². The molecular formula is C4H3ClF3N3. The Balaban J connectivity index is 2.72. The number of alkyl halides is 3. The number of rotatable bonds is 1. The van der Waals surface area contributed by atoms with Gasteiger partial charge in [0, 0.05) is 0 Å². The highest BCUT2D eigenvalue weighted by atomic mass is 35.5. The van der Waals surface area contributed by atoms with E-state index in [1.165, 1.54) is 0 Å². The molecule has 0 saturated heterocycles. The lowest BCUT2D eigenvalue weighted by Crippen LogP contribution is -2.17. The molecule has 0 aromatic carbocycles. The predicted octanol–water partition coefficient (Wildman–Crippen LogP) is 1.49. The zero-order chi connectivity index (χ0) is 8.48. The van der Waals surface area contributed by atoms with Crippen LogP contribution in [-0.4, -0.2) is 20.9 Å². The van der Waals surface area contributed by atoms with Crippen molar-refractivity contribution < 1.29 is 13.2 Å². The van der Waals surface area contributed by atoms with Gasteiger partial charge in [0.2, 0.25) is 5.28 Å². The van der Waals surface area contributed by atoms with Crippen LogP contribution in [0.5, 0.6) is 0 Å². The van der Waals surface area contributed by atoms with Gasteiger partial charge in [-0.3, -0.25) is 4.57 Å². The molecule has 0 spiro atoms. The van der Waals surface area contributed by atoms with Crippen LogP contribution in [0.1, 0.15) is 0 Å². The number of hydrogen-bond acceptors (Lipinski definition) is 2. The first-order valence-electron chi connectivity index (χ1n) is 2.59. The van der Waals surface area contributed by atoms with Gasteiger partial charge in [0.05, 0.1) is 0 Å². The predicted molar refractivity (Wildman–Crippen MR) is 31.1 cm³/mol. The molecule has 0 unspecified atom stereocenters. The summed E-state index contributed by atoms with van der Waals surface area (Å²) >= 11 is 5.24. The molecule has 1 aromatic rings. The minimum Gasteiger partial charge on any atom is -0.295 e. The maximum absolute atomic E-state index is 11.7. The number of halogens is 4. The maximum Gasteiger partial charge on any atom is 0.406 e. The molecule has 0 aliphatic carbocycles. The van der Waals surface area contributed by atoms with Crippen LogP contribution >= 0.6 is 11.6 Å². The van der Waals surface area contributed by atoms with Gasteiger partial charge in [-0.2, -0.15) is 13.2 Å². The molecule has 0 saturated carbocycles. The first-order chi connectivity index (χ1) is 4.99. The second-order valence-electron chi connectivity index (χ2n) is 1.84. The largest absolute Gasteiger partial charge is 0.406 e. The molecule has 0 aliphatic rings. The van der Waals surface area contributed by atoms with E-state index >= 15 is 0 Å². The standard InChI is InChI=1S/C4H3ClF3N3/c5-3-10-9-2-11(3)1-4(6,7)8/h2H,1H2. The van der Waals surface area contributed by atoms with E-state index < -0.39 is 12.7 Å². The molecule has 1 aromatic heterocycles. The van der Waals surface area contributed by atoms with Crippen molar-refractivity contribution in [2.24, 2.45) is 0 Å². The summed E-state index contributed by atoms with van der Waals surface area (Å²) in [5, 5.41) is 6.10. The Morgan fingerprint density at radius 3 is 2.55 bits per heavy atom. The highest BCUT2D eigenvalue weighted by Crippen LogP contribution is 2.18. The molecule has 0 N–H and O–H groups in total. The average molecular weight is 186 g/mol. The fourth-order valence-corrected chi connectivity index (χ4v) is 0.687. The van der Waals surface area contributed by atoms with Crippen LogP contribution in [0.25, 0.3) is 0 Å². The Labute approximate surface area is 64.8 Å². The van der Waals surface area contributed by atoms with Crippen molar-refractivity contribution in [3.05, 3.63) is 11.6 Å². The minimum absolute atomic E-state index is 0.262. The Kier molecular flexibility index (Phi) is 2.03. The van der Waals surface area contributed by atoms with E-state index in [0.29, 0.717) is 4.57 Å². The maximum atomic E-state index is 11.7. The van der Waals surface area contributed by atoms with E-state index in [1.54, 1.807) is 0 Å². The third kappa shape index (κ3) is 2.38. The lowest BCUT2D eigenvalue weighted by Gasteiger charge is -2.05. The van der Waals surface area contributed by atoms with E-state index in [4.69, 9.17) is 11.6 Å². The first-order valence-corrected chi connectivity index (χ1v) is 2.97. The molecule has 11 heavy (non-hydrogen) atoms. The molecule has 0 bridgehead atoms. The fraction of sp³-hybridized carbons (Fsp3) is 0.500. The van der Waals surface area contributed by atoms with Crippen molar-refractivity contribution in [1.82, 2.24) is 14.8 Å². The molecule has 0 amide bonds. The Morgan fingerprint density at radius 2 is 2.18 bits per heavy atom. The van der Waals surface area contributed by atoms with Crippen molar-refractivity contribution >= 4 is 11.6 Å². The van der Waals surface area contributed by atoms with Gasteiger partial charge in [0.15, 0.2) is 0 Å². The molecule has 0 atom stereocenters. The normalized spacial score (nSPS) is 12.0.